The fourth-order valence-corrected chi connectivity index (χ4v) is 3.34. The Morgan fingerprint density at radius 3 is 2.43 bits per heavy atom. The van der Waals surface area contributed by atoms with Crippen LogP contribution in [0, 0.1) is 5.82 Å². The zero-order valence-electron chi connectivity index (χ0n) is 11.2. The Labute approximate surface area is 130 Å². The van der Waals surface area contributed by atoms with Crippen molar-refractivity contribution in [2.45, 2.75) is 12.2 Å². The summed E-state index contributed by atoms with van der Waals surface area (Å²) in [5.74, 6) is -0.238. The van der Waals surface area contributed by atoms with E-state index >= 15 is 0 Å². The van der Waals surface area contributed by atoms with Crippen LogP contribution >= 0.6 is 11.6 Å². The van der Waals surface area contributed by atoms with Crippen LogP contribution in [0.1, 0.15) is 11.1 Å². The molecule has 2 nitrogen and oxygen atoms in total. The first-order valence-electron chi connectivity index (χ1n) is 6.39. The fraction of sp³-hybridized carbons (Fsp3) is 0.188. The zero-order valence-corrected chi connectivity index (χ0v) is 12.8. The Bertz CT molecular complexity index is 656. The molecule has 0 fully saturated rings. The van der Waals surface area contributed by atoms with Crippen molar-refractivity contribution in [2.24, 2.45) is 0 Å². The van der Waals surface area contributed by atoms with Crippen LogP contribution in [0.25, 0.3) is 0 Å². The molecular weight excluding hydrogens is 311 g/mol. The molecule has 0 aliphatic rings. The van der Waals surface area contributed by atoms with Crippen LogP contribution in [0.2, 0.25) is 5.02 Å². The second-order valence-electron chi connectivity index (χ2n) is 4.66. The molecule has 2 aromatic carbocycles. The highest BCUT2D eigenvalue weighted by Crippen LogP contribution is 2.16. The lowest BCUT2D eigenvalue weighted by atomic mass is 10.1. The number of hydrogen-bond donors (Lipinski definition) is 0. The highest BCUT2D eigenvalue weighted by atomic mass is 35.5. The summed E-state index contributed by atoms with van der Waals surface area (Å²) in [5.41, 5.74) is 1.49. The van der Waals surface area contributed by atoms with Crippen molar-refractivity contribution in [2.75, 3.05) is 5.75 Å². The topological polar surface area (TPSA) is 34.1 Å². The molecular formula is C16H14ClFO2S. The van der Waals surface area contributed by atoms with Crippen LogP contribution in [-0.4, -0.2) is 15.7 Å². The molecule has 0 radical (unpaired) electrons. The van der Waals surface area contributed by atoms with Gasteiger partial charge < -0.3 is 0 Å². The number of hydrogen-bond acceptors (Lipinski definition) is 2. The number of carbonyl (C=O) groups is 1. The van der Waals surface area contributed by atoms with Crippen LogP contribution in [0.3, 0.4) is 0 Å². The van der Waals surface area contributed by atoms with Gasteiger partial charge in [-0.15, -0.1) is 0 Å². The van der Waals surface area contributed by atoms with Gasteiger partial charge in [0.1, 0.15) is 11.6 Å². The summed E-state index contributed by atoms with van der Waals surface area (Å²) in [7, 11) is -1.30. The third-order valence-corrected chi connectivity index (χ3v) is 4.56. The van der Waals surface area contributed by atoms with Crippen molar-refractivity contribution in [1.82, 2.24) is 0 Å². The summed E-state index contributed by atoms with van der Waals surface area (Å²) in [5, 5.41) is 0.553. The van der Waals surface area contributed by atoms with Gasteiger partial charge in [0.2, 0.25) is 0 Å². The van der Waals surface area contributed by atoms with Gasteiger partial charge in [-0.3, -0.25) is 9.00 Å². The molecule has 0 aliphatic carbocycles. The Hall–Kier alpha value is -1.52. The monoisotopic (exact) mass is 324 g/mol. The predicted octanol–water partition coefficient (Wildman–Crippen LogP) is 3.54. The van der Waals surface area contributed by atoms with E-state index in [0.29, 0.717) is 5.02 Å². The smallest absolute Gasteiger partial charge is 0.149 e. The van der Waals surface area contributed by atoms with Gasteiger partial charge in [-0.1, -0.05) is 41.9 Å². The molecule has 110 valence electrons. The molecule has 0 heterocycles. The first-order chi connectivity index (χ1) is 10.0. The molecule has 0 bridgehead atoms. The molecule has 0 aliphatic heterocycles. The van der Waals surface area contributed by atoms with Crippen LogP contribution in [0.4, 0.5) is 4.39 Å². The lowest BCUT2D eigenvalue weighted by molar-refractivity contribution is -0.116. The average Bonchev–Trinajstić information content (AvgIpc) is 2.44. The molecule has 1 atom stereocenters. The van der Waals surface area contributed by atoms with E-state index in [1.165, 1.54) is 12.1 Å². The summed E-state index contributed by atoms with van der Waals surface area (Å²) < 4.78 is 24.8. The lowest BCUT2D eigenvalue weighted by Crippen LogP contribution is -2.14. The van der Waals surface area contributed by atoms with Crippen molar-refractivity contribution < 1.29 is 13.4 Å². The van der Waals surface area contributed by atoms with E-state index in [2.05, 4.69) is 0 Å². The van der Waals surface area contributed by atoms with Gasteiger partial charge in [0.05, 0.1) is 11.5 Å². The SMILES string of the molecule is O=C(Cc1ccc(F)cc1)CS(=O)Cc1ccccc1Cl. The maximum atomic E-state index is 12.8. The molecule has 0 N–H and O–H groups in total. The molecule has 0 saturated carbocycles. The van der Waals surface area contributed by atoms with Gasteiger partial charge in [-0.25, -0.2) is 4.39 Å². The fourth-order valence-electron chi connectivity index (χ4n) is 1.90. The summed E-state index contributed by atoms with van der Waals surface area (Å²) in [4.78, 5) is 11.9. The van der Waals surface area contributed by atoms with E-state index in [1.54, 1.807) is 30.3 Å². The third-order valence-electron chi connectivity index (χ3n) is 2.91. The molecule has 2 rings (SSSR count). The number of carbonyl (C=O) groups excluding carboxylic acids is 1. The molecule has 2 aromatic rings. The van der Waals surface area contributed by atoms with Crippen LogP contribution in [-0.2, 0) is 27.8 Å². The molecule has 0 saturated heterocycles. The first kappa shape index (κ1) is 15.9. The average molecular weight is 325 g/mol. The zero-order chi connectivity index (χ0) is 15.2. The van der Waals surface area contributed by atoms with Crippen molar-refractivity contribution >= 4 is 28.2 Å². The van der Waals surface area contributed by atoms with Crippen molar-refractivity contribution in [3.8, 4) is 0 Å². The predicted molar refractivity (Wildman–Crippen MR) is 83.3 cm³/mol. The maximum Gasteiger partial charge on any atom is 0.149 e. The molecule has 0 amide bonds. The number of benzene rings is 2. The van der Waals surface area contributed by atoms with Crippen LogP contribution in [0.5, 0.6) is 0 Å². The Morgan fingerprint density at radius 2 is 1.76 bits per heavy atom. The minimum absolute atomic E-state index is 0.0252. The van der Waals surface area contributed by atoms with E-state index in [-0.39, 0.29) is 29.5 Å². The van der Waals surface area contributed by atoms with Crippen LogP contribution < -0.4 is 0 Å². The van der Waals surface area contributed by atoms with E-state index in [1.807, 2.05) is 6.07 Å². The molecule has 0 spiro atoms. The summed E-state index contributed by atoms with van der Waals surface area (Å²) in [6, 6.07) is 12.9. The van der Waals surface area contributed by atoms with Gasteiger partial charge in [0.15, 0.2) is 0 Å². The van der Waals surface area contributed by atoms with Gasteiger partial charge in [0.25, 0.3) is 0 Å². The first-order valence-corrected chi connectivity index (χ1v) is 8.26. The maximum absolute atomic E-state index is 12.8. The van der Waals surface area contributed by atoms with E-state index in [4.69, 9.17) is 11.6 Å². The van der Waals surface area contributed by atoms with Crippen LogP contribution in [0.15, 0.2) is 48.5 Å². The standard InChI is InChI=1S/C16H14ClFO2S/c17-16-4-2-1-3-13(16)10-21(20)11-15(19)9-12-5-7-14(18)8-6-12/h1-8H,9-11H2. The Morgan fingerprint density at radius 1 is 1.10 bits per heavy atom. The van der Waals surface area contributed by atoms with Gasteiger partial charge >= 0.3 is 0 Å². The van der Waals surface area contributed by atoms with Gasteiger partial charge in [-0.05, 0) is 29.3 Å². The van der Waals surface area contributed by atoms with Gasteiger partial charge in [0, 0.05) is 22.2 Å². The largest absolute Gasteiger partial charge is 0.298 e. The van der Waals surface area contributed by atoms with E-state index < -0.39 is 10.8 Å². The lowest BCUT2D eigenvalue weighted by Gasteiger charge is -2.04. The normalized spacial score (nSPS) is 12.1. The number of ketones is 1. The molecule has 21 heavy (non-hydrogen) atoms. The van der Waals surface area contributed by atoms with Crippen molar-refractivity contribution in [1.29, 1.82) is 0 Å². The van der Waals surface area contributed by atoms with E-state index in [9.17, 15) is 13.4 Å². The molecule has 5 heteroatoms. The number of rotatable bonds is 6. The summed E-state index contributed by atoms with van der Waals surface area (Å²) >= 11 is 5.99. The third kappa shape index (κ3) is 5.06. The molecule has 0 aromatic heterocycles. The van der Waals surface area contributed by atoms with Crippen molar-refractivity contribution in [3.05, 3.63) is 70.5 Å². The van der Waals surface area contributed by atoms with Gasteiger partial charge in [-0.2, -0.15) is 0 Å². The number of halogens is 2. The van der Waals surface area contributed by atoms with E-state index in [0.717, 1.165) is 11.1 Å². The number of Topliss-reactive ketones (excluding diaryl/α,β-unsaturated/α-hetero) is 1. The minimum Gasteiger partial charge on any atom is -0.298 e. The molecule has 1 unspecified atom stereocenters. The Kier molecular flexibility index (Phi) is 5.65. The van der Waals surface area contributed by atoms with Crippen molar-refractivity contribution in [3.63, 3.8) is 0 Å². The Balaban J connectivity index is 1.89. The quantitative estimate of drug-likeness (QED) is 0.814. The highest BCUT2D eigenvalue weighted by Gasteiger charge is 2.11. The second-order valence-corrected chi connectivity index (χ2v) is 6.53. The second kappa shape index (κ2) is 7.48. The summed E-state index contributed by atoms with van der Waals surface area (Å²) in [6.45, 7) is 0. The highest BCUT2D eigenvalue weighted by molar-refractivity contribution is 7.84. The minimum atomic E-state index is -1.30. The summed E-state index contributed by atoms with van der Waals surface area (Å²) in [6.07, 6.45) is 0.161.